The van der Waals surface area contributed by atoms with Crippen molar-refractivity contribution in [2.75, 3.05) is 17.0 Å². The first kappa shape index (κ1) is 14.7. The fourth-order valence-electron chi connectivity index (χ4n) is 1.15. The van der Waals surface area contributed by atoms with Gasteiger partial charge in [-0.3, -0.25) is 4.72 Å². The van der Waals surface area contributed by atoms with Crippen LogP contribution >= 0.6 is 0 Å². The number of hydrogen-bond donors (Lipinski definition) is 3. The van der Waals surface area contributed by atoms with Crippen molar-refractivity contribution in [2.45, 2.75) is 13.8 Å². The number of anilines is 2. The zero-order chi connectivity index (χ0) is 13.9. The molecule has 0 unspecified atom stereocenters. The molecule has 0 aliphatic rings. The molecule has 18 heavy (non-hydrogen) atoms. The van der Waals surface area contributed by atoms with E-state index in [0.29, 0.717) is 6.07 Å². The van der Waals surface area contributed by atoms with Crippen molar-refractivity contribution >= 4 is 21.6 Å². The summed E-state index contributed by atoms with van der Waals surface area (Å²) in [6.45, 7) is 3.82. The van der Waals surface area contributed by atoms with E-state index in [2.05, 4.69) is 4.72 Å². The van der Waals surface area contributed by atoms with Gasteiger partial charge >= 0.3 is 0 Å². The normalized spacial score (nSPS) is 11.8. The van der Waals surface area contributed by atoms with Crippen LogP contribution in [0.2, 0.25) is 0 Å². The Hall–Kier alpha value is -1.41. The molecule has 1 rings (SSSR count). The van der Waals surface area contributed by atoms with Gasteiger partial charge in [-0.1, -0.05) is 13.8 Å². The van der Waals surface area contributed by atoms with Crippen molar-refractivity contribution < 1.29 is 17.2 Å². The van der Waals surface area contributed by atoms with Crippen LogP contribution in [0.3, 0.4) is 0 Å². The zero-order valence-electron chi connectivity index (χ0n) is 10.00. The summed E-state index contributed by atoms with van der Waals surface area (Å²) in [5, 5.41) is 0. The average Bonchev–Trinajstić information content (AvgIpc) is 2.21. The maximum atomic E-state index is 13.4. The number of hydrogen-bond acceptors (Lipinski definition) is 3. The average molecular weight is 279 g/mol. The van der Waals surface area contributed by atoms with Crippen molar-refractivity contribution in [2.24, 2.45) is 5.92 Å². The molecular formula is C10H15F2N3O2S. The molecule has 4 N–H and O–H groups in total. The Morgan fingerprint density at radius 1 is 1.33 bits per heavy atom. The highest BCUT2D eigenvalue weighted by atomic mass is 32.2. The molecule has 0 saturated heterocycles. The lowest BCUT2D eigenvalue weighted by atomic mass is 10.2. The molecule has 8 heteroatoms. The van der Waals surface area contributed by atoms with E-state index >= 15 is 0 Å². The second-order valence-electron chi connectivity index (χ2n) is 4.20. The van der Waals surface area contributed by atoms with Crippen LogP contribution in [-0.2, 0) is 10.2 Å². The van der Waals surface area contributed by atoms with Crippen molar-refractivity contribution in [1.29, 1.82) is 0 Å². The van der Waals surface area contributed by atoms with E-state index in [9.17, 15) is 17.2 Å². The Balaban J connectivity index is 2.91. The lowest BCUT2D eigenvalue weighted by Crippen LogP contribution is -2.33. The third kappa shape index (κ3) is 4.11. The lowest BCUT2D eigenvalue weighted by Gasteiger charge is -2.13. The molecular weight excluding hydrogens is 264 g/mol. The highest BCUT2D eigenvalue weighted by Gasteiger charge is 2.16. The molecule has 102 valence electrons. The van der Waals surface area contributed by atoms with Gasteiger partial charge in [0, 0.05) is 12.6 Å². The first-order valence-corrected chi connectivity index (χ1v) is 6.71. The van der Waals surface area contributed by atoms with Gasteiger partial charge in [0.1, 0.15) is 11.5 Å². The van der Waals surface area contributed by atoms with Crippen LogP contribution in [-0.4, -0.2) is 15.0 Å². The van der Waals surface area contributed by atoms with Gasteiger partial charge in [-0.2, -0.15) is 13.1 Å². The van der Waals surface area contributed by atoms with Crippen LogP contribution in [0.25, 0.3) is 0 Å². The van der Waals surface area contributed by atoms with Gasteiger partial charge in [0.05, 0.1) is 5.69 Å². The summed E-state index contributed by atoms with van der Waals surface area (Å²) < 4.78 is 53.4. The van der Waals surface area contributed by atoms with E-state index in [1.165, 1.54) is 0 Å². The molecule has 0 atom stereocenters. The van der Waals surface area contributed by atoms with Gasteiger partial charge in [0.15, 0.2) is 5.82 Å². The Kier molecular flexibility index (Phi) is 4.47. The highest BCUT2D eigenvalue weighted by molar-refractivity contribution is 7.90. The summed E-state index contributed by atoms with van der Waals surface area (Å²) >= 11 is 0. The number of benzene rings is 1. The molecule has 0 heterocycles. The Morgan fingerprint density at radius 2 is 1.94 bits per heavy atom. The maximum Gasteiger partial charge on any atom is 0.299 e. The van der Waals surface area contributed by atoms with Crippen molar-refractivity contribution in [1.82, 2.24) is 4.72 Å². The fourth-order valence-corrected chi connectivity index (χ4v) is 2.26. The number of nitrogens with two attached hydrogens (primary N) is 1. The van der Waals surface area contributed by atoms with Crippen molar-refractivity contribution in [3.05, 3.63) is 23.8 Å². The minimum Gasteiger partial charge on any atom is -0.397 e. The number of nitrogens with one attached hydrogen (secondary N) is 2. The molecule has 0 radical (unpaired) electrons. The minimum atomic E-state index is -3.93. The maximum absolute atomic E-state index is 13.4. The number of rotatable bonds is 5. The topological polar surface area (TPSA) is 84.2 Å². The number of nitrogen functional groups attached to an aromatic ring is 1. The first-order valence-electron chi connectivity index (χ1n) is 5.23. The van der Waals surface area contributed by atoms with Crippen LogP contribution in [0.15, 0.2) is 12.1 Å². The second-order valence-corrected chi connectivity index (χ2v) is 5.70. The second kappa shape index (κ2) is 5.49. The van der Waals surface area contributed by atoms with Crippen molar-refractivity contribution in [3.8, 4) is 0 Å². The lowest BCUT2D eigenvalue weighted by molar-refractivity contribution is 0.562. The van der Waals surface area contributed by atoms with Gasteiger partial charge in [-0.05, 0) is 12.0 Å². The summed E-state index contributed by atoms with van der Waals surface area (Å²) in [7, 11) is -3.93. The molecule has 0 fully saturated rings. The van der Waals surface area contributed by atoms with Crippen LogP contribution in [0.5, 0.6) is 0 Å². The summed E-state index contributed by atoms with van der Waals surface area (Å²) in [6, 6.07) is 1.39. The Labute approximate surface area is 105 Å². The molecule has 1 aromatic rings. The molecule has 0 aromatic heterocycles. The standard InChI is InChI=1S/C10H15F2N3O2S/c1-6(2)5-14-18(16,17)15-10-8(12)3-7(11)4-9(10)13/h3-4,6,14-15H,5,13H2,1-2H3. The summed E-state index contributed by atoms with van der Waals surface area (Å²) in [4.78, 5) is 0. The fraction of sp³-hybridized carbons (Fsp3) is 0.400. The smallest absolute Gasteiger partial charge is 0.299 e. The van der Waals surface area contributed by atoms with Gasteiger partial charge in [0.2, 0.25) is 0 Å². The molecule has 0 spiro atoms. The Morgan fingerprint density at radius 3 is 2.44 bits per heavy atom. The van der Waals surface area contributed by atoms with E-state index in [4.69, 9.17) is 5.73 Å². The molecule has 0 aliphatic carbocycles. The predicted molar refractivity (Wildman–Crippen MR) is 66.2 cm³/mol. The molecule has 5 nitrogen and oxygen atoms in total. The first-order chi connectivity index (χ1) is 8.21. The SMILES string of the molecule is CC(C)CNS(=O)(=O)Nc1c(N)cc(F)cc1F. The zero-order valence-corrected chi connectivity index (χ0v) is 10.8. The van der Waals surface area contributed by atoms with E-state index in [1.807, 2.05) is 18.6 Å². The van der Waals surface area contributed by atoms with Crippen LogP contribution in [0.4, 0.5) is 20.2 Å². The monoisotopic (exact) mass is 279 g/mol. The Bertz CT molecular complexity index is 509. The predicted octanol–water partition coefficient (Wildman–Crippen LogP) is 1.45. The van der Waals surface area contributed by atoms with Gasteiger partial charge in [-0.15, -0.1) is 0 Å². The van der Waals surface area contributed by atoms with Crippen molar-refractivity contribution in [3.63, 3.8) is 0 Å². The minimum absolute atomic E-state index is 0.0944. The molecule has 0 saturated carbocycles. The quantitative estimate of drug-likeness (QED) is 0.713. The summed E-state index contributed by atoms with van der Waals surface area (Å²) in [6.07, 6.45) is 0. The van der Waals surface area contributed by atoms with E-state index in [-0.39, 0.29) is 18.2 Å². The van der Waals surface area contributed by atoms with E-state index < -0.39 is 27.5 Å². The molecule has 0 amide bonds. The third-order valence-corrected chi connectivity index (χ3v) is 3.02. The van der Waals surface area contributed by atoms with Gasteiger partial charge < -0.3 is 5.73 Å². The van der Waals surface area contributed by atoms with E-state index in [1.54, 1.807) is 0 Å². The molecule has 1 aromatic carbocycles. The van der Waals surface area contributed by atoms with Crippen LogP contribution in [0.1, 0.15) is 13.8 Å². The van der Waals surface area contributed by atoms with Crippen LogP contribution in [0, 0.1) is 17.6 Å². The highest BCUT2D eigenvalue weighted by Crippen LogP contribution is 2.24. The molecule has 0 aliphatic heterocycles. The van der Waals surface area contributed by atoms with Gasteiger partial charge in [0.25, 0.3) is 10.2 Å². The van der Waals surface area contributed by atoms with E-state index in [0.717, 1.165) is 6.07 Å². The van der Waals surface area contributed by atoms with Gasteiger partial charge in [-0.25, -0.2) is 8.78 Å². The number of halogens is 2. The largest absolute Gasteiger partial charge is 0.397 e. The summed E-state index contributed by atoms with van der Waals surface area (Å²) in [5.41, 5.74) is 4.57. The molecule has 0 bridgehead atoms. The summed E-state index contributed by atoms with van der Waals surface area (Å²) in [5.74, 6) is -1.84. The van der Waals surface area contributed by atoms with Crippen LogP contribution < -0.4 is 15.2 Å². The third-order valence-electron chi connectivity index (χ3n) is 2.00.